The van der Waals surface area contributed by atoms with Gasteiger partial charge < -0.3 is 5.11 Å². The summed E-state index contributed by atoms with van der Waals surface area (Å²) in [6, 6.07) is 0. The van der Waals surface area contributed by atoms with Gasteiger partial charge in [0.05, 0.1) is 5.75 Å². The first kappa shape index (κ1) is 14.9. The maximum absolute atomic E-state index is 11.5. The number of aliphatic hydroxyl groups is 1. The van der Waals surface area contributed by atoms with E-state index in [0.29, 0.717) is 12.8 Å². The highest BCUT2D eigenvalue weighted by Crippen LogP contribution is 2.28. The molecule has 4 heteroatoms. The SMILES string of the molecule is CCCS(=O)(=O)CCC(CO)C(C)(C)C. The lowest BCUT2D eigenvalue weighted by atomic mass is 9.80. The molecule has 15 heavy (non-hydrogen) atoms. The molecule has 0 bridgehead atoms. The fraction of sp³-hybridized carbons (Fsp3) is 1.00. The minimum absolute atomic E-state index is 0.0313. The highest BCUT2D eigenvalue weighted by Gasteiger charge is 2.25. The second-order valence-corrected chi connectivity index (χ2v) is 7.49. The van der Waals surface area contributed by atoms with Crippen molar-refractivity contribution in [2.24, 2.45) is 11.3 Å². The van der Waals surface area contributed by atoms with Crippen molar-refractivity contribution in [3.8, 4) is 0 Å². The van der Waals surface area contributed by atoms with Crippen LogP contribution in [0.5, 0.6) is 0 Å². The summed E-state index contributed by atoms with van der Waals surface area (Å²) in [5.41, 5.74) is -0.0313. The molecule has 1 N–H and O–H groups in total. The van der Waals surface area contributed by atoms with Gasteiger partial charge in [0.2, 0.25) is 0 Å². The molecule has 0 rings (SSSR count). The van der Waals surface area contributed by atoms with E-state index < -0.39 is 9.84 Å². The second-order valence-electron chi connectivity index (χ2n) is 5.19. The van der Waals surface area contributed by atoms with Crippen molar-refractivity contribution < 1.29 is 13.5 Å². The molecule has 0 radical (unpaired) electrons. The molecule has 0 aromatic carbocycles. The van der Waals surface area contributed by atoms with Crippen LogP contribution in [-0.4, -0.2) is 31.6 Å². The molecule has 0 amide bonds. The molecule has 0 saturated heterocycles. The molecular weight excluding hydrogens is 212 g/mol. The van der Waals surface area contributed by atoms with E-state index in [4.69, 9.17) is 0 Å². The van der Waals surface area contributed by atoms with Gasteiger partial charge in [-0.1, -0.05) is 27.7 Å². The predicted octanol–water partition coefficient (Wildman–Crippen LogP) is 1.86. The van der Waals surface area contributed by atoms with Gasteiger partial charge >= 0.3 is 0 Å². The summed E-state index contributed by atoms with van der Waals surface area (Å²) in [6.45, 7) is 8.01. The van der Waals surface area contributed by atoms with Gasteiger partial charge in [0.25, 0.3) is 0 Å². The van der Waals surface area contributed by atoms with Crippen LogP contribution in [0.2, 0.25) is 0 Å². The van der Waals surface area contributed by atoms with Crippen molar-refractivity contribution in [2.45, 2.75) is 40.5 Å². The molecule has 0 heterocycles. The fourth-order valence-corrected chi connectivity index (χ4v) is 3.00. The average molecular weight is 236 g/mol. The van der Waals surface area contributed by atoms with E-state index in [0.717, 1.165) is 0 Å². The standard InChI is InChI=1S/C11H24O3S/c1-5-7-15(13,14)8-6-10(9-12)11(2,3)4/h10,12H,5-9H2,1-4H3. The fourth-order valence-electron chi connectivity index (χ4n) is 1.53. The topological polar surface area (TPSA) is 54.4 Å². The molecule has 0 aliphatic carbocycles. The molecule has 0 saturated carbocycles. The van der Waals surface area contributed by atoms with Crippen LogP contribution in [0, 0.1) is 11.3 Å². The molecule has 3 nitrogen and oxygen atoms in total. The molecule has 1 unspecified atom stereocenters. The van der Waals surface area contributed by atoms with Gasteiger partial charge in [-0.2, -0.15) is 0 Å². The zero-order valence-corrected chi connectivity index (χ0v) is 11.1. The Bertz CT molecular complexity index is 262. The minimum atomic E-state index is -2.91. The maximum atomic E-state index is 11.5. The first-order chi connectivity index (χ1) is 6.73. The molecule has 1 atom stereocenters. The number of hydrogen-bond donors (Lipinski definition) is 1. The van der Waals surface area contributed by atoms with Crippen LogP contribution in [0.25, 0.3) is 0 Å². The third-order valence-electron chi connectivity index (χ3n) is 2.74. The number of rotatable bonds is 6. The van der Waals surface area contributed by atoms with Crippen molar-refractivity contribution in [1.82, 2.24) is 0 Å². The first-order valence-electron chi connectivity index (χ1n) is 5.54. The van der Waals surface area contributed by atoms with Crippen molar-refractivity contribution in [3.05, 3.63) is 0 Å². The second kappa shape index (κ2) is 5.85. The lowest BCUT2D eigenvalue weighted by Crippen LogP contribution is -2.27. The van der Waals surface area contributed by atoms with E-state index in [1.54, 1.807) is 0 Å². The average Bonchev–Trinajstić information content (AvgIpc) is 2.02. The highest BCUT2D eigenvalue weighted by atomic mass is 32.2. The Kier molecular flexibility index (Phi) is 5.81. The van der Waals surface area contributed by atoms with E-state index in [-0.39, 0.29) is 29.4 Å². The van der Waals surface area contributed by atoms with Crippen molar-refractivity contribution in [1.29, 1.82) is 0 Å². The third kappa shape index (κ3) is 6.15. The normalized spacial score (nSPS) is 15.3. The van der Waals surface area contributed by atoms with Gasteiger partial charge in [-0.15, -0.1) is 0 Å². The summed E-state index contributed by atoms with van der Waals surface area (Å²) in [5, 5.41) is 9.19. The van der Waals surface area contributed by atoms with Crippen LogP contribution in [0.15, 0.2) is 0 Å². The first-order valence-corrected chi connectivity index (χ1v) is 7.36. The van der Waals surface area contributed by atoms with Crippen LogP contribution in [0.3, 0.4) is 0 Å². The van der Waals surface area contributed by atoms with E-state index in [1.807, 2.05) is 27.7 Å². The van der Waals surface area contributed by atoms with E-state index >= 15 is 0 Å². The van der Waals surface area contributed by atoms with E-state index in [9.17, 15) is 13.5 Å². The Morgan fingerprint density at radius 3 is 2.07 bits per heavy atom. The number of sulfone groups is 1. The monoisotopic (exact) mass is 236 g/mol. The van der Waals surface area contributed by atoms with Gasteiger partial charge in [0.1, 0.15) is 9.84 Å². The van der Waals surface area contributed by atoms with Gasteiger partial charge in [0.15, 0.2) is 0 Å². The van der Waals surface area contributed by atoms with Crippen molar-refractivity contribution in [2.75, 3.05) is 18.1 Å². The molecule has 0 aromatic rings. The van der Waals surface area contributed by atoms with Crippen molar-refractivity contribution >= 4 is 9.84 Å². The highest BCUT2D eigenvalue weighted by molar-refractivity contribution is 7.91. The Morgan fingerprint density at radius 1 is 1.20 bits per heavy atom. The largest absolute Gasteiger partial charge is 0.396 e. The van der Waals surface area contributed by atoms with Gasteiger partial charge in [-0.05, 0) is 24.2 Å². The Labute approximate surface area is 93.8 Å². The van der Waals surface area contributed by atoms with Crippen LogP contribution >= 0.6 is 0 Å². The summed E-state index contributed by atoms with van der Waals surface area (Å²) in [6.07, 6.45) is 1.23. The van der Waals surface area contributed by atoms with Crippen LogP contribution < -0.4 is 0 Å². The lowest BCUT2D eigenvalue weighted by molar-refractivity contribution is 0.128. The molecule has 0 aromatic heterocycles. The Balaban J connectivity index is 4.25. The van der Waals surface area contributed by atoms with Crippen LogP contribution in [0.1, 0.15) is 40.5 Å². The molecule has 92 valence electrons. The smallest absolute Gasteiger partial charge is 0.150 e. The van der Waals surface area contributed by atoms with Gasteiger partial charge in [-0.25, -0.2) is 8.42 Å². The Hall–Kier alpha value is -0.0900. The summed E-state index contributed by atoms with van der Waals surface area (Å²) in [7, 11) is -2.91. The third-order valence-corrected chi connectivity index (χ3v) is 4.63. The quantitative estimate of drug-likeness (QED) is 0.766. The lowest BCUT2D eigenvalue weighted by Gasteiger charge is -2.28. The summed E-state index contributed by atoms with van der Waals surface area (Å²) >= 11 is 0. The zero-order valence-electron chi connectivity index (χ0n) is 10.3. The summed E-state index contributed by atoms with van der Waals surface area (Å²) in [4.78, 5) is 0. The predicted molar refractivity (Wildman–Crippen MR) is 63.6 cm³/mol. The molecule has 0 spiro atoms. The molecule has 0 fully saturated rings. The van der Waals surface area contributed by atoms with Gasteiger partial charge in [-0.3, -0.25) is 0 Å². The number of hydrogen-bond acceptors (Lipinski definition) is 3. The van der Waals surface area contributed by atoms with Crippen LogP contribution in [-0.2, 0) is 9.84 Å². The van der Waals surface area contributed by atoms with Gasteiger partial charge in [0, 0.05) is 12.4 Å². The summed E-state index contributed by atoms with van der Waals surface area (Å²) in [5.74, 6) is 0.516. The molecular formula is C11H24O3S. The van der Waals surface area contributed by atoms with Crippen LogP contribution in [0.4, 0.5) is 0 Å². The Morgan fingerprint density at radius 2 is 1.73 bits per heavy atom. The van der Waals surface area contributed by atoms with E-state index in [2.05, 4.69) is 0 Å². The molecule has 0 aliphatic rings. The van der Waals surface area contributed by atoms with Crippen molar-refractivity contribution in [3.63, 3.8) is 0 Å². The molecule has 0 aliphatic heterocycles. The number of aliphatic hydroxyl groups excluding tert-OH is 1. The zero-order chi connectivity index (χ0) is 12.1. The maximum Gasteiger partial charge on any atom is 0.150 e. The summed E-state index contributed by atoms with van der Waals surface area (Å²) < 4.78 is 23.0. The van der Waals surface area contributed by atoms with E-state index in [1.165, 1.54) is 0 Å². The minimum Gasteiger partial charge on any atom is -0.396 e.